The summed E-state index contributed by atoms with van der Waals surface area (Å²) in [6.07, 6.45) is 6.61. The fraction of sp³-hybridized carbons (Fsp3) is 0.0833. The molecule has 1 N–H and O–H groups in total. The number of aromatic nitrogens is 5. The number of anilines is 1. The molecule has 8 heteroatoms. The largest absolute Gasteiger partial charge is 0.296 e. The van der Waals surface area contributed by atoms with Gasteiger partial charge in [0, 0.05) is 18.6 Å². The molecular formula is C12H10N6OS. The average Bonchev–Trinajstić information content (AvgIpc) is 3.11. The Kier molecular flexibility index (Phi) is 3.21. The van der Waals surface area contributed by atoms with Crippen molar-refractivity contribution < 1.29 is 4.79 Å². The first-order chi connectivity index (χ1) is 9.72. The molecule has 0 aliphatic carbocycles. The number of imidazole rings is 1. The van der Waals surface area contributed by atoms with Crippen LogP contribution in [0.1, 0.15) is 15.4 Å². The summed E-state index contributed by atoms with van der Waals surface area (Å²) >= 11 is 1.32. The summed E-state index contributed by atoms with van der Waals surface area (Å²) in [4.78, 5) is 20.2. The molecule has 0 fully saturated rings. The summed E-state index contributed by atoms with van der Waals surface area (Å²) in [5, 5.41) is 11.6. The Labute approximate surface area is 118 Å². The number of rotatable bonds is 3. The van der Waals surface area contributed by atoms with Gasteiger partial charge in [-0.1, -0.05) is 11.3 Å². The van der Waals surface area contributed by atoms with Gasteiger partial charge in [0.1, 0.15) is 17.2 Å². The highest BCUT2D eigenvalue weighted by Gasteiger charge is 2.09. The molecule has 0 aliphatic rings. The zero-order chi connectivity index (χ0) is 13.9. The van der Waals surface area contributed by atoms with E-state index in [2.05, 4.69) is 25.5 Å². The van der Waals surface area contributed by atoms with Crippen molar-refractivity contribution in [2.24, 2.45) is 0 Å². The Hall–Kier alpha value is -2.61. The third-order valence-electron chi connectivity index (χ3n) is 2.53. The molecule has 0 radical (unpaired) electrons. The van der Waals surface area contributed by atoms with Crippen LogP contribution >= 0.6 is 11.3 Å². The molecule has 3 aromatic rings. The highest BCUT2D eigenvalue weighted by molar-refractivity contribution is 7.15. The maximum absolute atomic E-state index is 12.0. The van der Waals surface area contributed by atoms with Crippen LogP contribution in [-0.2, 0) is 0 Å². The number of nitrogens with zero attached hydrogens (tertiary/aromatic N) is 5. The van der Waals surface area contributed by atoms with Crippen LogP contribution in [0.4, 0.5) is 5.13 Å². The fourth-order valence-electron chi connectivity index (χ4n) is 1.58. The predicted octanol–water partition coefficient (Wildman–Crippen LogP) is 1.68. The van der Waals surface area contributed by atoms with Crippen LogP contribution in [0.2, 0.25) is 0 Å². The molecule has 0 unspecified atom stereocenters. The molecule has 3 aromatic heterocycles. The number of amides is 1. The summed E-state index contributed by atoms with van der Waals surface area (Å²) in [6.45, 7) is 1.83. The first-order valence-corrected chi connectivity index (χ1v) is 6.60. The number of pyridine rings is 1. The summed E-state index contributed by atoms with van der Waals surface area (Å²) in [7, 11) is 0. The third kappa shape index (κ3) is 2.54. The number of nitrogens with one attached hydrogen (secondary N) is 1. The van der Waals surface area contributed by atoms with Crippen LogP contribution in [0.15, 0.2) is 37.1 Å². The minimum atomic E-state index is -0.258. The maximum Gasteiger partial charge on any atom is 0.259 e. The molecule has 1 amide bonds. The Morgan fingerprint density at radius 2 is 2.25 bits per heavy atom. The maximum atomic E-state index is 12.0. The van der Waals surface area contributed by atoms with Crippen molar-refractivity contribution in [1.82, 2.24) is 24.7 Å². The molecule has 0 aliphatic heterocycles. The number of hydrogen-bond donors (Lipinski definition) is 1. The van der Waals surface area contributed by atoms with Crippen LogP contribution in [0, 0.1) is 6.92 Å². The molecule has 0 aromatic carbocycles. The second-order valence-corrected chi connectivity index (χ2v) is 5.14. The topological polar surface area (TPSA) is 85.6 Å². The van der Waals surface area contributed by atoms with Gasteiger partial charge in [-0.25, -0.2) is 9.97 Å². The number of carbonyl (C=O) groups excluding carboxylic acids is 1. The molecule has 0 atom stereocenters. The van der Waals surface area contributed by atoms with Crippen molar-refractivity contribution in [1.29, 1.82) is 0 Å². The van der Waals surface area contributed by atoms with Gasteiger partial charge in [-0.2, -0.15) is 0 Å². The van der Waals surface area contributed by atoms with E-state index < -0.39 is 0 Å². The van der Waals surface area contributed by atoms with Crippen LogP contribution in [0.5, 0.6) is 0 Å². The van der Waals surface area contributed by atoms with E-state index >= 15 is 0 Å². The molecule has 0 saturated carbocycles. The minimum absolute atomic E-state index is 0.258. The highest BCUT2D eigenvalue weighted by Crippen LogP contribution is 2.15. The van der Waals surface area contributed by atoms with E-state index in [0.29, 0.717) is 16.5 Å². The molecule has 0 saturated heterocycles. The highest BCUT2D eigenvalue weighted by atomic mass is 32.1. The van der Waals surface area contributed by atoms with E-state index in [-0.39, 0.29) is 5.91 Å². The standard InChI is InChI=1S/C12H10N6OS/c1-8-16-17-12(20-8)15-11(19)9-2-3-10(14-6-9)18-5-4-13-7-18/h2-7H,1H3,(H,15,17,19). The van der Waals surface area contributed by atoms with Gasteiger partial charge in [0.15, 0.2) is 0 Å². The Morgan fingerprint density at radius 1 is 1.35 bits per heavy atom. The van der Waals surface area contributed by atoms with Crippen LogP contribution in [0.3, 0.4) is 0 Å². The molecule has 3 heterocycles. The SMILES string of the molecule is Cc1nnc(NC(=O)c2ccc(-n3ccnc3)nc2)s1. The van der Waals surface area contributed by atoms with Crippen molar-refractivity contribution in [2.75, 3.05) is 5.32 Å². The molecule has 0 spiro atoms. The Morgan fingerprint density at radius 3 is 2.85 bits per heavy atom. The second kappa shape index (κ2) is 5.17. The van der Waals surface area contributed by atoms with Crippen molar-refractivity contribution >= 4 is 22.4 Å². The summed E-state index contributed by atoms with van der Waals surface area (Å²) in [6, 6.07) is 3.45. The number of aryl methyl sites for hydroxylation is 1. The van der Waals surface area contributed by atoms with Crippen molar-refractivity contribution in [2.45, 2.75) is 6.92 Å². The lowest BCUT2D eigenvalue weighted by molar-refractivity contribution is 0.102. The van der Waals surface area contributed by atoms with Gasteiger partial charge < -0.3 is 0 Å². The molecule has 3 rings (SSSR count). The predicted molar refractivity (Wildman–Crippen MR) is 74.0 cm³/mol. The van der Waals surface area contributed by atoms with E-state index in [1.54, 1.807) is 35.4 Å². The van der Waals surface area contributed by atoms with Gasteiger partial charge in [-0.15, -0.1) is 10.2 Å². The number of hydrogen-bond acceptors (Lipinski definition) is 6. The van der Waals surface area contributed by atoms with E-state index in [0.717, 1.165) is 5.01 Å². The lowest BCUT2D eigenvalue weighted by atomic mass is 10.2. The average molecular weight is 286 g/mol. The van der Waals surface area contributed by atoms with E-state index in [1.165, 1.54) is 17.5 Å². The van der Waals surface area contributed by atoms with Crippen LogP contribution < -0.4 is 5.32 Å². The van der Waals surface area contributed by atoms with Crippen molar-refractivity contribution in [3.8, 4) is 5.82 Å². The molecule has 20 heavy (non-hydrogen) atoms. The van der Waals surface area contributed by atoms with E-state index in [1.807, 2.05) is 6.92 Å². The molecule has 100 valence electrons. The monoisotopic (exact) mass is 286 g/mol. The fourth-order valence-corrected chi connectivity index (χ4v) is 2.17. The molecule has 0 bridgehead atoms. The van der Waals surface area contributed by atoms with Crippen molar-refractivity contribution in [3.05, 3.63) is 47.6 Å². The van der Waals surface area contributed by atoms with Crippen LogP contribution in [0.25, 0.3) is 5.82 Å². The normalized spacial score (nSPS) is 10.4. The van der Waals surface area contributed by atoms with E-state index in [4.69, 9.17) is 0 Å². The number of carbonyl (C=O) groups is 1. The molecular weight excluding hydrogens is 276 g/mol. The zero-order valence-electron chi connectivity index (χ0n) is 10.5. The second-order valence-electron chi connectivity index (χ2n) is 3.96. The van der Waals surface area contributed by atoms with Gasteiger partial charge in [-0.05, 0) is 19.1 Å². The summed E-state index contributed by atoms with van der Waals surface area (Å²) in [5.74, 6) is 0.441. The first kappa shape index (κ1) is 12.4. The Bertz CT molecular complexity index is 719. The lowest BCUT2D eigenvalue weighted by Gasteiger charge is -2.03. The van der Waals surface area contributed by atoms with Gasteiger partial charge in [0.05, 0.1) is 5.56 Å². The smallest absolute Gasteiger partial charge is 0.259 e. The molecule has 7 nitrogen and oxygen atoms in total. The Balaban J connectivity index is 1.75. The van der Waals surface area contributed by atoms with Gasteiger partial charge >= 0.3 is 0 Å². The first-order valence-electron chi connectivity index (χ1n) is 5.78. The zero-order valence-corrected chi connectivity index (χ0v) is 11.3. The minimum Gasteiger partial charge on any atom is -0.296 e. The third-order valence-corrected chi connectivity index (χ3v) is 3.28. The van der Waals surface area contributed by atoms with Gasteiger partial charge in [0.2, 0.25) is 5.13 Å². The summed E-state index contributed by atoms with van der Waals surface area (Å²) in [5.41, 5.74) is 0.460. The summed E-state index contributed by atoms with van der Waals surface area (Å²) < 4.78 is 1.76. The van der Waals surface area contributed by atoms with E-state index in [9.17, 15) is 4.79 Å². The van der Waals surface area contributed by atoms with Crippen molar-refractivity contribution in [3.63, 3.8) is 0 Å². The van der Waals surface area contributed by atoms with Gasteiger partial charge in [0.25, 0.3) is 5.91 Å². The quantitative estimate of drug-likeness (QED) is 0.791. The lowest BCUT2D eigenvalue weighted by Crippen LogP contribution is -2.12. The van der Waals surface area contributed by atoms with Crippen LogP contribution in [-0.4, -0.2) is 30.6 Å². The van der Waals surface area contributed by atoms with Gasteiger partial charge in [-0.3, -0.25) is 14.7 Å².